The maximum atomic E-state index is 9.89. The molecule has 1 aliphatic rings. The van der Waals surface area contributed by atoms with Crippen LogP contribution in [0.5, 0.6) is 0 Å². The smallest absolute Gasteiger partial charge is 0.0833 e. The molecule has 2 unspecified atom stereocenters. The first-order valence-electron chi connectivity index (χ1n) is 5.68. The van der Waals surface area contributed by atoms with Crippen molar-refractivity contribution in [1.29, 1.82) is 0 Å². The minimum atomic E-state index is -0.587. The lowest BCUT2D eigenvalue weighted by molar-refractivity contribution is 0.0788. The summed E-state index contributed by atoms with van der Waals surface area (Å²) in [6, 6.07) is 0. The lowest BCUT2D eigenvalue weighted by atomic mass is 10.1. The highest BCUT2D eigenvalue weighted by Crippen LogP contribution is 2.14. The molecule has 0 spiro atoms. The van der Waals surface area contributed by atoms with E-state index in [2.05, 4.69) is 5.32 Å². The second kappa shape index (κ2) is 6.74. The molecule has 3 nitrogen and oxygen atoms in total. The molecular formula is C11H23NO2S. The lowest BCUT2D eigenvalue weighted by Gasteiger charge is -2.23. The first kappa shape index (κ1) is 13.3. The van der Waals surface area contributed by atoms with Gasteiger partial charge in [-0.25, -0.2) is 0 Å². The summed E-state index contributed by atoms with van der Waals surface area (Å²) in [6.07, 6.45) is 5.93. The van der Waals surface area contributed by atoms with Crippen molar-refractivity contribution in [2.75, 3.05) is 31.7 Å². The molecular weight excluding hydrogens is 210 g/mol. The fourth-order valence-corrected chi connectivity index (χ4v) is 2.58. The number of rotatable bonds is 7. The molecule has 15 heavy (non-hydrogen) atoms. The van der Waals surface area contributed by atoms with E-state index in [9.17, 15) is 5.11 Å². The van der Waals surface area contributed by atoms with Crippen LogP contribution in [0.25, 0.3) is 0 Å². The molecule has 0 aromatic heterocycles. The standard InChI is InChI=1S/C11H23NO2S/c1-11(13,9-15-2)8-12-6-5-10-4-3-7-14-10/h10,12-13H,3-9H2,1-2H3. The van der Waals surface area contributed by atoms with Crippen LogP contribution < -0.4 is 5.32 Å². The molecule has 0 radical (unpaired) electrons. The maximum absolute atomic E-state index is 9.89. The molecule has 2 N–H and O–H groups in total. The molecule has 0 saturated carbocycles. The van der Waals surface area contributed by atoms with Crippen molar-refractivity contribution < 1.29 is 9.84 Å². The van der Waals surface area contributed by atoms with Gasteiger partial charge in [-0.1, -0.05) is 0 Å². The first-order valence-corrected chi connectivity index (χ1v) is 7.07. The fourth-order valence-electron chi connectivity index (χ4n) is 1.85. The zero-order chi connectivity index (χ0) is 11.1. The van der Waals surface area contributed by atoms with E-state index < -0.39 is 5.60 Å². The Morgan fingerprint density at radius 1 is 1.60 bits per heavy atom. The summed E-state index contributed by atoms with van der Waals surface area (Å²) in [4.78, 5) is 0. The number of thioether (sulfide) groups is 1. The van der Waals surface area contributed by atoms with Gasteiger partial charge in [0, 0.05) is 18.9 Å². The monoisotopic (exact) mass is 233 g/mol. The van der Waals surface area contributed by atoms with Crippen molar-refractivity contribution in [2.24, 2.45) is 0 Å². The van der Waals surface area contributed by atoms with Crippen LogP contribution in [0.1, 0.15) is 26.2 Å². The Morgan fingerprint density at radius 2 is 2.40 bits per heavy atom. The van der Waals surface area contributed by atoms with Gasteiger partial charge >= 0.3 is 0 Å². The molecule has 1 fully saturated rings. The van der Waals surface area contributed by atoms with E-state index in [1.807, 2.05) is 13.2 Å². The summed E-state index contributed by atoms with van der Waals surface area (Å²) in [5.41, 5.74) is -0.587. The number of nitrogens with one attached hydrogen (secondary N) is 1. The normalized spacial score (nSPS) is 25.4. The molecule has 4 heteroatoms. The Morgan fingerprint density at radius 3 is 3.00 bits per heavy atom. The largest absolute Gasteiger partial charge is 0.388 e. The van der Waals surface area contributed by atoms with E-state index in [-0.39, 0.29) is 0 Å². The summed E-state index contributed by atoms with van der Waals surface area (Å²) in [5.74, 6) is 0.778. The Balaban J connectivity index is 2.00. The van der Waals surface area contributed by atoms with Crippen LogP contribution in [0.3, 0.4) is 0 Å². The van der Waals surface area contributed by atoms with Gasteiger partial charge in [-0.05, 0) is 39.0 Å². The van der Waals surface area contributed by atoms with Gasteiger partial charge in [-0.3, -0.25) is 0 Å². The quantitative estimate of drug-likeness (QED) is 0.650. The van der Waals surface area contributed by atoms with Gasteiger partial charge in [0.25, 0.3) is 0 Å². The van der Waals surface area contributed by atoms with Crippen LogP contribution in [0, 0.1) is 0 Å². The second-order valence-corrected chi connectivity index (χ2v) is 5.40. The molecule has 0 aromatic rings. The van der Waals surface area contributed by atoms with E-state index in [1.165, 1.54) is 12.8 Å². The Labute approximate surface area is 97.0 Å². The summed E-state index contributed by atoms with van der Waals surface area (Å²) in [6.45, 7) is 4.41. The van der Waals surface area contributed by atoms with Crippen molar-refractivity contribution in [3.63, 3.8) is 0 Å². The Bertz CT molecular complexity index is 170. The van der Waals surface area contributed by atoms with Crippen molar-refractivity contribution in [1.82, 2.24) is 5.32 Å². The SMILES string of the molecule is CSCC(C)(O)CNCCC1CCCO1. The van der Waals surface area contributed by atoms with E-state index in [0.29, 0.717) is 12.6 Å². The van der Waals surface area contributed by atoms with Crippen LogP contribution in [0.15, 0.2) is 0 Å². The van der Waals surface area contributed by atoms with Gasteiger partial charge < -0.3 is 15.2 Å². The van der Waals surface area contributed by atoms with Crippen molar-refractivity contribution >= 4 is 11.8 Å². The molecule has 2 atom stereocenters. The molecule has 0 bridgehead atoms. The highest BCUT2D eigenvalue weighted by atomic mass is 32.2. The third-order valence-corrected chi connectivity index (χ3v) is 3.54. The Hall–Kier alpha value is 0.230. The lowest BCUT2D eigenvalue weighted by Crippen LogP contribution is -2.40. The maximum Gasteiger partial charge on any atom is 0.0833 e. The third kappa shape index (κ3) is 5.76. The molecule has 90 valence electrons. The van der Waals surface area contributed by atoms with Gasteiger partial charge in [-0.2, -0.15) is 11.8 Å². The van der Waals surface area contributed by atoms with Crippen LogP contribution in [0.4, 0.5) is 0 Å². The zero-order valence-electron chi connectivity index (χ0n) is 9.79. The second-order valence-electron chi connectivity index (χ2n) is 4.53. The minimum absolute atomic E-state index is 0.447. The van der Waals surface area contributed by atoms with Gasteiger partial charge in [0.2, 0.25) is 0 Å². The Kier molecular flexibility index (Phi) is 5.97. The van der Waals surface area contributed by atoms with E-state index in [1.54, 1.807) is 11.8 Å². The van der Waals surface area contributed by atoms with E-state index in [4.69, 9.17) is 4.74 Å². The number of hydrogen-bond acceptors (Lipinski definition) is 4. The minimum Gasteiger partial charge on any atom is -0.388 e. The summed E-state index contributed by atoms with van der Waals surface area (Å²) < 4.78 is 5.53. The molecule has 1 saturated heterocycles. The van der Waals surface area contributed by atoms with Crippen LogP contribution in [-0.4, -0.2) is 48.5 Å². The summed E-state index contributed by atoms with van der Waals surface area (Å²) in [7, 11) is 0. The van der Waals surface area contributed by atoms with E-state index in [0.717, 1.165) is 25.3 Å². The van der Waals surface area contributed by atoms with Gasteiger partial charge in [0.1, 0.15) is 0 Å². The van der Waals surface area contributed by atoms with Gasteiger partial charge in [0.05, 0.1) is 11.7 Å². The predicted molar refractivity (Wildman–Crippen MR) is 65.5 cm³/mol. The predicted octanol–water partition coefficient (Wildman–Crippen LogP) is 1.26. The van der Waals surface area contributed by atoms with Crippen molar-refractivity contribution in [3.8, 4) is 0 Å². The van der Waals surface area contributed by atoms with Gasteiger partial charge in [-0.15, -0.1) is 0 Å². The fraction of sp³-hybridized carbons (Fsp3) is 1.00. The van der Waals surface area contributed by atoms with Crippen LogP contribution in [-0.2, 0) is 4.74 Å². The highest BCUT2D eigenvalue weighted by Gasteiger charge is 2.19. The molecule has 0 aromatic carbocycles. The van der Waals surface area contributed by atoms with Crippen molar-refractivity contribution in [3.05, 3.63) is 0 Å². The average Bonchev–Trinajstić information content (AvgIpc) is 2.65. The molecule has 1 heterocycles. The molecule has 1 aliphatic heterocycles. The zero-order valence-corrected chi connectivity index (χ0v) is 10.6. The molecule has 0 amide bonds. The first-order chi connectivity index (χ1) is 7.14. The average molecular weight is 233 g/mol. The third-order valence-electron chi connectivity index (χ3n) is 2.63. The number of hydrogen-bond donors (Lipinski definition) is 2. The van der Waals surface area contributed by atoms with E-state index >= 15 is 0 Å². The molecule has 1 rings (SSSR count). The summed E-state index contributed by atoms with van der Waals surface area (Å²) in [5, 5.41) is 13.2. The van der Waals surface area contributed by atoms with Gasteiger partial charge in [0.15, 0.2) is 0 Å². The van der Waals surface area contributed by atoms with Crippen LogP contribution in [0.2, 0.25) is 0 Å². The van der Waals surface area contributed by atoms with Crippen molar-refractivity contribution in [2.45, 2.75) is 37.9 Å². The highest BCUT2D eigenvalue weighted by molar-refractivity contribution is 7.98. The number of aliphatic hydroxyl groups is 1. The van der Waals surface area contributed by atoms with Crippen LogP contribution >= 0.6 is 11.8 Å². The number of ether oxygens (including phenoxy) is 1. The molecule has 0 aliphatic carbocycles. The topological polar surface area (TPSA) is 41.5 Å². The summed E-state index contributed by atoms with van der Waals surface area (Å²) >= 11 is 1.68.